The topological polar surface area (TPSA) is 247 Å². The summed E-state index contributed by atoms with van der Waals surface area (Å²) >= 11 is 0.914. The monoisotopic (exact) mass is 769 g/mol. The zero-order chi connectivity index (χ0) is 38.0. The van der Waals surface area contributed by atoms with Crippen LogP contribution in [0.25, 0.3) is 10.9 Å². The fourth-order valence-corrected chi connectivity index (χ4v) is 7.73. The molecular weight excluding hydrogens is 739 g/mol. The average molecular weight is 770 g/mol. The van der Waals surface area contributed by atoms with Crippen LogP contribution in [-0.4, -0.2) is 57.6 Å². The molecule has 5 aromatic rings. The number of azo groups is 1. The molecule has 1 aromatic heterocycles. The quantitative estimate of drug-likeness (QED) is 0.0626. The van der Waals surface area contributed by atoms with Gasteiger partial charge in [-0.3, -0.25) is 19.6 Å². The summed E-state index contributed by atoms with van der Waals surface area (Å²) in [6.45, 7) is 4.73. The number of nitrogens with zero attached hydrogens (tertiary/aromatic N) is 3. The van der Waals surface area contributed by atoms with E-state index in [2.05, 4.69) is 39.4 Å². The number of nitrogens with one attached hydrogen (secondary N) is 4. The number of aryl methyl sites for hydroxylation is 2. The van der Waals surface area contributed by atoms with Crippen molar-refractivity contribution in [2.45, 2.75) is 30.6 Å². The zero-order valence-electron chi connectivity index (χ0n) is 28.0. The van der Waals surface area contributed by atoms with Gasteiger partial charge in [0, 0.05) is 12.3 Å². The number of hydrogen-bond acceptors (Lipinski definition) is 14. The lowest BCUT2D eigenvalue weighted by Crippen LogP contribution is -2.16. The van der Waals surface area contributed by atoms with E-state index in [1.165, 1.54) is 68.6 Å². The Morgan fingerprint density at radius 3 is 2.17 bits per heavy atom. The smallest absolute Gasteiger partial charge is 0.411 e. The van der Waals surface area contributed by atoms with Crippen LogP contribution in [0.2, 0.25) is 0 Å². The molecule has 0 atom stereocenters. The average Bonchev–Trinajstić information content (AvgIpc) is 3.50. The SMILES string of the molecule is COC(=O)Nc1cc(N=Nc2snc3ccc(S(=O)(=O)Nc4ccc(OC)c(S(=O)(=O)Nc5cc(C)c(C)cc5O)c4)cc23)cc(NC(C)=O)c1O. The number of phenols is 2. The molecule has 0 saturated heterocycles. The molecule has 0 bridgehead atoms. The van der Waals surface area contributed by atoms with Gasteiger partial charge in [-0.1, -0.05) is 0 Å². The van der Waals surface area contributed by atoms with Crippen molar-refractivity contribution in [3.63, 3.8) is 0 Å². The first-order valence-electron chi connectivity index (χ1n) is 14.9. The maximum Gasteiger partial charge on any atom is 0.411 e. The first-order valence-corrected chi connectivity index (χ1v) is 18.6. The lowest BCUT2D eigenvalue weighted by molar-refractivity contribution is -0.114. The third kappa shape index (κ3) is 8.14. The minimum atomic E-state index is -4.39. The van der Waals surface area contributed by atoms with E-state index in [0.717, 1.165) is 35.8 Å². The fourth-order valence-electron chi connectivity index (χ4n) is 4.71. The molecule has 17 nitrogen and oxygen atoms in total. The highest BCUT2D eigenvalue weighted by Gasteiger charge is 2.24. The molecule has 52 heavy (non-hydrogen) atoms. The predicted octanol–water partition coefficient (Wildman–Crippen LogP) is 6.49. The Labute approximate surface area is 301 Å². The number of methoxy groups -OCH3 is 2. The molecule has 0 fully saturated rings. The van der Waals surface area contributed by atoms with Gasteiger partial charge in [-0.05, 0) is 97.2 Å². The first-order chi connectivity index (χ1) is 24.5. The van der Waals surface area contributed by atoms with Crippen molar-refractivity contribution in [2.24, 2.45) is 10.2 Å². The van der Waals surface area contributed by atoms with E-state index in [9.17, 15) is 36.6 Å². The summed E-state index contributed by atoms with van der Waals surface area (Å²) in [6, 6.07) is 13.2. The molecule has 0 saturated carbocycles. The van der Waals surface area contributed by atoms with Crippen LogP contribution in [0, 0.1) is 13.8 Å². The van der Waals surface area contributed by atoms with Crippen molar-refractivity contribution < 1.29 is 46.1 Å². The van der Waals surface area contributed by atoms with Gasteiger partial charge in [-0.2, -0.15) is 4.37 Å². The van der Waals surface area contributed by atoms with Crippen LogP contribution in [0.3, 0.4) is 0 Å². The Morgan fingerprint density at radius 1 is 0.808 bits per heavy atom. The largest absolute Gasteiger partial charge is 0.506 e. The number of aromatic hydroxyl groups is 2. The van der Waals surface area contributed by atoms with E-state index in [0.29, 0.717) is 10.9 Å². The van der Waals surface area contributed by atoms with Gasteiger partial charge in [0.05, 0.1) is 53.1 Å². The number of fused-ring (bicyclic) bond motifs is 1. The van der Waals surface area contributed by atoms with Crippen LogP contribution in [0.1, 0.15) is 18.1 Å². The number of ether oxygens (including phenoxy) is 2. The lowest BCUT2D eigenvalue weighted by atomic mass is 10.1. The Bertz CT molecular complexity index is 2480. The van der Waals surface area contributed by atoms with Crippen LogP contribution >= 0.6 is 11.5 Å². The molecular formula is C32H31N7O10S3. The Kier molecular flexibility index (Phi) is 10.5. The maximum atomic E-state index is 13.6. The number of anilines is 4. The van der Waals surface area contributed by atoms with Crippen molar-refractivity contribution in [1.82, 2.24) is 4.37 Å². The number of phenolic OH excluding ortho intramolecular Hbond substituents is 2. The maximum absolute atomic E-state index is 13.6. The molecule has 1 heterocycles. The second-order valence-corrected chi connectivity index (χ2v) is 15.2. The fraction of sp³-hybridized carbons (Fsp3) is 0.156. The van der Waals surface area contributed by atoms with Gasteiger partial charge in [0.25, 0.3) is 20.0 Å². The molecule has 2 amide bonds. The molecule has 0 aliphatic heterocycles. The van der Waals surface area contributed by atoms with Crippen LogP contribution < -0.4 is 24.8 Å². The van der Waals surface area contributed by atoms with Crippen LogP contribution in [-0.2, 0) is 29.6 Å². The van der Waals surface area contributed by atoms with E-state index in [1.54, 1.807) is 13.8 Å². The second kappa shape index (κ2) is 14.7. The van der Waals surface area contributed by atoms with E-state index >= 15 is 0 Å². The van der Waals surface area contributed by atoms with Gasteiger partial charge in [0.15, 0.2) is 10.8 Å². The molecule has 0 aliphatic carbocycles. The molecule has 0 radical (unpaired) electrons. The zero-order valence-corrected chi connectivity index (χ0v) is 30.4. The van der Waals surface area contributed by atoms with Crippen molar-refractivity contribution in [1.29, 1.82) is 0 Å². The number of aromatic nitrogens is 1. The molecule has 6 N–H and O–H groups in total. The van der Waals surface area contributed by atoms with Gasteiger partial charge in [0.2, 0.25) is 5.91 Å². The lowest BCUT2D eigenvalue weighted by Gasteiger charge is -2.15. The third-order valence-electron chi connectivity index (χ3n) is 7.38. The number of amides is 2. The number of benzene rings is 4. The summed E-state index contributed by atoms with van der Waals surface area (Å²) in [6.07, 6.45) is -0.893. The van der Waals surface area contributed by atoms with E-state index in [4.69, 9.17) is 4.74 Å². The minimum absolute atomic E-state index is 0.0707. The minimum Gasteiger partial charge on any atom is -0.506 e. The predicted molar refractivity (Wildman–Crippen MR) is 194 cm³/mol. The highest BCUT2D eigenvalue weighted by atomic mass is 32.2. The standard InChI is InChI=1S/C32H31N7O10S3/c1-16-10-24(27(41)11-17(16)2)39-52(46,47)29-14-19(6-9-28(29)48-4)38-51(44,45)21-7-8-23-22(15-21)31(50-37-23)36-35-20-12-25(33-18(3)40)30(42)26(13-20)34-32(43)49-5/h6-15,38-39,41-42H,1-5H3,(H,33,40)(H,34,43). The number of sulfonamides is 2. The van der Waals surface area contributed by atoms with Crippen molar-refractivity contribution in [3.05, 3.63) is 71.8 Å². The van der Waals surface area contributed by atoms with Crippen LogP contribution in [0.4, 0.5) is 38.2 Å². The Morgan fingerprint density at radius 2 is 1.50 bits per heavy atom. The molecule has 0 spiro atoms. The summed E-state index contributed by atoms with van der Waals surface area (Å²) in [7, 11) is -6.33. The summed E-state index contributed by atoms with van der Waals surface area (Å²) in [5.41, 5.74) is 1.59. The number of hydrogen-bond donors (Lipinski definition) is 6. The Hall–Kier alpha value is -5.99. The highest BCUT2D eigenvalue weighted by molar-refractivity contribution is 7.93. The summed E-state index contributed by atoms with van der Waals surface area (Å²) in [5, 5.41) is 34.4. The van der Waals surface area contributed by atoms with E-state index in [1.807, 2.05) is 0 Å². The summed E-state index contributed by atoms with van der Waals surface area (Å²) < 4.78 is 72.8. The van der Waals surface area contributed by atoms with Crippen molar-refractivity contribution in [2.75, 3.05) is 34.3 Å². The van der Waals surface area contributed by atoms with Gasteiger partial charge in [0.1, 0.15) is 16.4 Å². The summed E-state index contributed by atoms with van der Waals surface area (Å²) in [4.78, 5) is 22.9. The van der Waals surface area contributed by atoms with Gasteiger partial charge in [-0.25, -0.2) is 21.6 Å². The molecule has 4 aromatic carbocycles. The van der Waals surface area contributed by atoms with E-state index < -0.39 is 42.7 Å². The molecule has 0 unspecified atom stereocenters. The number of carbonyl (C=O) groups is 2. The van der Waals surface area contributed by atoms with Crippen LogP contribution in [0.5, 0.6) is 17.2 Å². The van der Waals surface area contributed by atoms with Crippen molar-refractivity contribution >= 4 is 87.9 Å². The molecule has 272 valence electrons. The van der Waals surface area contributed by atoms with E-state index in [-0.39, 0.29) is 49.8 Å². The van der Waals surface area contributed by atoms with Gasteiger partial charge >= 0.3 is 6.09 Å². The first kappa shape index (κ1) is 37.3. The normalized spacial score (nSPS) is 11.7. The second-order valence-electron chi connectivity index (χ2n) is 11.1. The van der Waals surface area contributed by atoms with Crippen LogP contribution in [0.15, 0.2) is 80.7 Å². The molecule has 0 aliphatic rings. The number of carbonyl (C=O) groups excluding carboxylic acids is 2. The third-order valence-corrected chi connectivity index (χ3v) is 10.9. The number of rotatable bonds is 11. The molecule has 5 rings (SSSR count). The summed E-state index contributed by atoms with van der Waals surface area (Å²) in [5.74, 6) is -1.34. The molecule has 20 heteroatoms. The highest BCUT2D eigenvalue weighted by Crippen LogP contribution is 2.39. The van der Waals surface area contributed by atoms with Crippen molar-refractivity contribution in [3.8, 4) is 17.2 Å². The van der Waals surface area contributed by atoms with Gasteiger partial charge in [-0.15, -0.1) is 10.2 Å². The van der Waals surface area contributed by atoms with Gasteiger partial charge < -0.3 is 25.0 Å². The Balaban J connectivity index is 1.45.